The van der Waals surface area contributed by atoms with Crippen molar-refractivity contribution in [2.45, 2.75) is 165 Å². The molecule has 2 aromatic heterocycles. The Morgan fingerprint density at radius 2 is 0.667 bits per heavy atom. The van der Waals surface area contributed by atoms with Gasteiger partial charge in [-0.3, -0.25) is 0 Å². The molecule has 0 spiro atoms. The molecule has 6 nitrogen and oxygen atoms in total. The van der Waals surface area contributed by atoms with E-state index in [4.69, 9.17) is 9.47 Å². The minimum atomic E-state index is -2.28. The topological polar surface area (TPSA) is 68.8 Å². The number of ether oxygens (including phenoxy) is 2. The summed E-state index contributed by atoms with van der Waals surface area (Å²) >= 11 is 0. The van der Waals surface area contributed by atoms with Crippen LogP contribution in [0.25, 0.3) is 77.2 Å². The number of aryl methyl sites for hydroxylation is 2. The molecule has 0 saturated heterocycles. The fraction of sp³-hybridized carbons (Fsp3) is 0.288. The summed E-state index contributed by atoms with van der Waals surface area (Å²) in [4.78, 5) is 4.98. The zero-order valence-corrected chi connectivity index (χ0v) is 80.2. The Kier molecular flexibility index (Phi) is 25.8. The van der Waals surface area contributed by atoms with E-state index in [0.717, 1.165) is 67.6 Å². The van der Waals surface area contributed by atoms with Crippen molar-refractivity contribution >= 4 is 101 Å². The normalized spacial score (nSPS) is 12.9. The van der Waals surface area contributed by atoms with Gasteiger partial charge in [0, 0.05) is 69.6 Å². The molecule has 0 radical (unpaired) electrons. The second-order valence-electron chi connectivity index (χ2n) is 37.4. The van der Waals surface area contributed by atoms with Gasteiger partial charge in [-0.15, -0.1) is 0 Å². The summed E-state index contributed by atoms with van der Waals surface area (Å²) in [6, 6.07) is 85.5. The first-order chi connectivity index (χ1) is 53.7. The summed E-state index contributed by atoms with van der Waals surface area (Å²) in [5.41, 5.74) is 9.24. The van der Waals surface area contributed by atoms with E-state index in [-0.39, 0.29) is 76.2 Å². The van der Waals surface area contributed by atoms with Crippen molar-refractivity contribution in [2.75, 3.05) is 38.2 Å². The molecule has 2 heterocycles. The Morgan fingerprint density at radius 1 is 0.359 bits per heavy atom. The maximum atomic E-state index is 16.6. The largest absolute Gasteiger partial charge is 0.505 e. The molecule has 0 unspecified atom stereocenters. The van der Waals surface area contributed by atoms with E-state index in [9.17, 15) is 10.2 Å². The summed E-state index contributed by atoms with van der Waals surface area (Å²) in [5, 5.41) is 36.8. The van der Waals surface area contributed by atoms with E-state index in [2.05, 4.69) is 348 Å². The van der Waals surface area contributed by atoms with E-state index in [1.807, 2.05) is 13.8 Å². The van der Waals surface area contributed by atoms with Crippen molar-refractivity contribution in [3.63, 3.8) is 0 Å². The minimum Gasteiger partial charge on any atom is -0.505 e. The van der Waals surface area contributed by atoms with E-state index in [1.54, 1.807) is 0 Å². The van der Waals surface area contributed by atoms with E-state index in [0.29, 0.717) is 69.1 Å². The van der Waals surface area contributed by atoms with Crippen molar-refractivity contribution in [1.29, 1.82) is 0 Å². The van der Waals surface area contributed by atoms with Crippen molar-refractivity contribution < 1.29 is 54.3 Å². The summed E-state index contributed by atoms with van der Waals surface area (Å²) in [6.45, 7) is 36.6. The minimum absolute atomic E-state index is 0. The molecule has 0 aliphatic heterocycles. The Hall–Kier alpha value is -8.70. The van der Waals surface area contributed by atoms with Gasteiger partial charge in [0.25, 0.3) is 0 Å². The molecule has 14 rings (SSSR count). The molecule has 0 aliphatic rings. The number of aromatic hydroxyl groups is 2. The molecule has 12 aromatic carbocycles. The van der Waals surface area contributed by atoms with Crippen LogP contribution in [0.1, 0.15) is 117 Å². The van der Waals surface area contributed by atoms with Crippen LogP contribution in [0, 0.1) is 51.2 Å². The first-order valence-corrected chi connectivity index (χ1v) is 51.1. The number of unbranched alkanes of at least 4 members (excludes halogenated alkanes) is 1. The van der Waals surface area contributed by atoms with Crippen LogP contribution in [-0.2, 0) is 36.7 Å². The van der Waals surface area contributed by atoms with E-state index < -0.39 is 58.7 Å². The second-order valence-corrected chi connectivity index (χ2v) is 53.4. The Balaban J connectivity index is 0.00000448. The third-order valence-corrected chi connectivity index (χ3v) is 36.8. The quantitative estimate of drug-likeness (QED) is 0.0380. The summed E-state index contributed by atoms with van der Waals surface area (Å²) in [7, 11) is -7.61. The number of nitrogens with zero attached hydrogens (tertiary/aromatic N) is 2. The van der Waals surface area contributed by atoms with Gasteiger partial charge in [-0.2, -0.15) is 20.1 Å². The van der Waals surface area contributed by atoms with Gasteiger partial charge in [0.1, 0.15) is 50.8 Å². The van der Waals surface area contributed by atoms with Crippen LogP contribution >= 0.6 is 20.1 Å². The van der Waals surface area contributed by atoms with Crippen molar-refractivity contribution in [1.82, 2.24) is 9.13 Å². The number of rotatable bonds is 23. The molecule has 0 bridgehead atoms. The number of fused-ring (bicyclic) bond motifs is 6. The standard InChI is InChI=1S/C102H114F2N2O4S2Si2.2CH3.Hf/c1-67-53-71(103)59-87(85-55-69(101(9,10)65-99(3,4)5)57-93(95(85)107)105-89-61-75(111(13,14)73-35-25-21-26-36-73)43-47-81(89)83-49-45-79(63-91(83)105)113(17,18)77-39-29-23-30-40-77)97(67)109-51-33-34-52-110-98-68(2)54-72(104)60-88(98)86-56-70(102(11,12)66-100(6,7)8)58-94(96(86)108)106-90-62-76(112(15,16)74-37-27-22-28-38-74)44-48-82(90)84-50-46-80(64-92(84)106)114(19,20)78-41-31-24-32-42-78;;;/h21-32,35-50,53-64,107-108H,33-34,51-52,65-66H2,1-20H3;2*1H3;/q;2*-1;. The van der Waals surface area contributed by atoms with Crippen molar-refractivity contribution in [3.8, 4) is 56.6 Å². The van der Waals surface area contributed by atoms with Gasteiger partial charge in [0.05, 0.1) is 46.7 Å². The SMILES string of the molecule is Cc1cc(F)cc(-c2cc(C(C)(C)CC(C)(C)C)cc(-n3c4cc([Si](C)(C)c5ccccc5)ccc4c4ccc(S(C)(C)c5ccccc5)cc43)c2O)c1OCCCCOc1c(C)cc(F)cc1-c1cc(C(C)(C)CC(C)(C)C)cc(-n2c3cc([Si](C)(C)c4ccccc4)ccc3c3ccc(S(C)(C)c4ccccc4)cc32)c1O.[CH3-].[CH3-].[Hf]. The van der Waals surface area contributed by atoms with Gasteiger partial charge in [-0.05, 0) is 237 Å². The van der Waals surface area contributed by atoms with E-state index in [1.165, 1.54) is 64.6 Å². The first kappa shape index (κ1) is 89.1. The number of phenolic OH excluding ortho intramolecular Hbond substituents is 2. The number of aromatic nitrogens is 2. The molecular weight excluding hydrogens is 1680 g/mol. The fourth-order valence-electron chi connectivity index (χ4n) is 18.2. The molecule has 2 N–H and O–H groups in total. The number of halogens is 2. The molecule has 13 heteroatoms. The molecule has 0 saturated carbocycles. The third kappa shape index (κ3) is 17.6. The summed E-state index contributed by atoms with van der Waals surface area (Å²) in [5.74, 6) is 0.137. The summed E-state index contributed by atoms with van der Waals surface area (Å²) < 4.78 is 51.8. The molecule has 0 aliphatic carbocycles. The zero-order valence-electron chi connectivity index (χ0n) is 73.0. The number of hydrogen-bond donors (Lipinski definition) is 2. The molecule has 0 amide bonds. The smallest absolute Gasteiger partial charge is 0.147 e. The predicted octanol–water partition coefficient (Wildman–Crippen LogP) is 26.7. The maximum Gasteiger partial charge on any atom is 0.147 e. The Labute approximate surface area is 720 Å². The van der Waals surface area contributed by atoms with Crippen LogP contribution in [0.4, 0.5) is 8.78 Å². The molecular formula is C104H120F2HfN2O4S2Si2-2. The first-order valence-electron chi connectivity index (χ1n) is 40.2. The van der Waals surface area contributed by atoms with Crippen molar-refractivity contribution in [2.24, 2.45) is 10.8 Å². The van der Waals surface area contributed by atoms with Crippen LogP contribution in [-0.4, -0.2) is 73.7 Å². The third-order valence-electron chi connectivity index (χ3n) is 24.0. The van der Waals surface area contributed by atoms with Gasteiger partial charge in [-0.25, -0.2) is 8.78 Å². The van der Waals surface area contributed by atoms with Gasteiger partial charge in [0.2, 0.25) is 0 Å². The van der Waals surface area contributed by atoms with E-state index >= 15 is 8.78 Å². The van der Waals surface area contributed by atoms with Crippen LogP contribution in [0.15, 0.2) is 262 Å². The van der Waals surface area contributed by atoms with Gasteiger partial charge in [-0.1, -0.05) is 250 Å². The maximum absolute atomic E-state index is 16.6. The average Bonchev–Trinajstić information content (AvgIpc) is 1.58. The molecule has 0 atom stereocenters. The molecule has 117 heavy (non-hydrogen) atoms. The Morgan fingerprint density at radius 3 is 0.991 bits per heavy atom. The van der Waals surface area contributed by atoms with Crippen molar-refractivity contribution in [3.05, 3.63) is 291 Å². The molecule has 0 fully saturated rings. The fourth-order valence-corrected chi connectivity index (χ4v) is 26.7. The molecule has 14 aromatic rings. The van der Waals surface area contributed by atoms with Crippen LogP contribution in [0.2, 0.25) is 26.2 Å². The predicted molar refractivity (Wildman–Crippen MR) is 504 cm³/mol. The Bertz CT molecular complexity index is 5400. The number of benzene rings is 12. The number of phenols is 2. The second kappa shape index (κ2) is 33.8. The zero-order chi connectivity index (χ0) is 81.6. The number of hydrogen-bond acceptors (Lipinski definition) is 4. The van der Waals surface area contributed by atoms with Gasteiger partial charge >= 0.3 is 0 Å². The molecule has 610 valence electrons. The van der Waals surface area contributed by atoms with Crippen LogP contribution < -0.4 is 30.2 Å². The van der Waals surface area contributed by atoms with Crippen LogP contribution in [0.5, 0.6) is 23.0 Å². The monoisotopic (exact) mass is 1800 g/mol. The summed E-state index contributed by atoms with van der Waals surface area (Å²) in [6.07, 6.45) is 12.1. The van der Waals surface area contributed by atoms with Gasteiger partial charge < -0.3 is 43.7 Å². The van der Waals surface area contributed by atoms with Gasteiger partial charge in [0.15, 0.2) is 0 Å². The van der Waals surface area contributed by atoms with Crippen LogP contribution in [0.3, 0.4) is 0 Å². The average molecular weight is 1800 g/mol.